The van der Waals surface area contributed by atoms with Crippen LogP contribution in [0.2, 0.25) is 0 Å². The SMILES string of the molecule is CCOC(=O)C1CCN(C(=O)CN2CCN(S(=O)(=O)CC)CC2)CC1. The van der Waals surface area contributed by atoms with E-state index in [9.17, 15) is 18.0 Å². The molecule has 0 unspecified atom stereocenters. The first kappa shape index (κ1) is 20.1. The van der Waals surface area contributed by atoms with Gasteiger partial charge in [-0.25, -0.2) is 8.42 Å². The third kappa shape index (κ3) is 5.39. The van der Waals surface area contributed by atoms with Gasteiger partial charge in [0.1, 0.15) is 0 Å². The quantitative estimate of drug-likeness (QED) is 0.595. The zero-order chi connectivity index (χ0) is 18.4. The number of likely N-dealkylation sites (tertiary alicyclic amines) is 1. The molecule has 0 aromatic heterocycles. The smallest absolute Gasteiger partial charge is 0.309 e. The average molecular weight is 375 g/mol. The Balaban J connectivity index is 1.74. The molecule has 2 heterocycles. The highest BCUT2D eigenvalue weighted by Crippen LogP contribution is 2.19. The molecular formula is C16H29N3O5S. The molecule has 8 nitrogen and oxygen atoms in total. The summed E-state index contributed by atoms with van der Waals surface area (Å²) in [5.74, 6) is -0.106. The first-order valence-electron chi connectivity index (χ1n) is 9.02. The zero-order valence-corrected chi connectivity index (χ0v) is 16.0. The largest absolute Gasteiger partial charge is 0.466 e. The van der Waals surface area contributed by atoms with Gasteiger partial charge in [0.05, 0.1) is 24.8 Å². The summed E-state index contributed by atoms with van der Waals surface area (Å²) in [5.41, 5.74) is 0. The number of carbonyl (C=O) groups is 2. The fourth-order valence-electron chi connectivity index (χ4n) is 3.26. The Hall–Kier alpha value is -1.19. The van der Waals surface area contributed by atoms with Crippen LogP contribution in [0.3, 0.4) is 0 Å². The van der Waals surface area contributed by atoms with E-state index in [1.807, 2.05) is 4.90 Å². The molecule has 2 fully saturated rings. The van der Waals surface area contributed by atoms with Crippen LogP contribution in [0.25, 0.3) is 0 Å². The minimum absolute atomic E-state index is 0.0501. The van der Waals surface area contributed by atoms with E-state index in [0.717, 1.165) is 0 Å². The lowest BCUT2D eigenvalue weighted by Crippen LogP contribution is -2.52. The van der Waals surface area contributed by atoms with Crippen molar-refractivity contribution in [3.8, 4) is 0 Å². The molecule has 0 saturated carbocycles. The minimum Gasteiger partial charge on any atom is -0.466 e. The van der Waals surface area contributed by atoms with Gasteiger partial charge in [0.15, 0.2) is 0 Å². The van der Waals surface area contributed by atoms with Crippen molar-refractivity contribution in [3.05, 3.63) is 0 Å². The van der Waals surface area contributed by atoms with Gasteiger partial charge >= 0.3 is 5.97 Å². The van der Waals surface area contributed by atoms with Gasteiger partial charge in [-0.1, -0.05) is 0 Å². The average Bonchev–Trinajstić information content (AvgIpc) is 2.62. The summed E-state index contributed by atoms with van der Waals surface area (Å²) < 4.78 is 30.3. The van der Waals surface area contributed by atoms with E-state index in [4.69, 9.17) is 4.74 Å². The lowest BCUT2D eigenvalue weighted by molar-refractivity contribution is -0.151. The highest BCUT2D eigenvalue weighted by Gasteiger charge is 2.30. The lowest BCUT2D eigenvalue weighted by Gasteiger charge is -2.36. The van der Waals surface area contributed by atoms with Crippen LogP contribution >= 0.6 is 0 Å². The Bertz CT molecular complexity index is 564. The maximum absolute atomic E-state index is 12.4. The first-order valence-corrected chi connectivity index (χ1v) is 10.6. The molecule has 0 aliphatic carbocycles. The monoisotopic (exact) mass is 375 g/mol. The number of ether oxygens (including phenoxy) is 1. The molecule has 0 atom stereocenters. The summed E-state index contributed by atoms with van der Waals surface area (Å²) in [4.78, 5) is 28.0. The van der Waals surface area contributed by atoms with E-state index >= 15 is 0 Å². The number of piperazine rings is 1. The maximum atomic E-state index is 12.4. The molecule has 0 N–H and O–H groups in total. The molecule has 0 aromatic rings. The molecule has 144 valence electrons. The summed E-state index contributed by atoms with van der Waals surface area (Å²) in [6.07, 6.45) is 1.29. The summed E-state index contributed by atoms with van der Waals surface area (Å²) in [6.45, 7) is 7.31. The topological polar surface area (TPSA) is 87.2 Å². The van der Waals surface area contributed by atoms with Crippen molar-refractivity contribution in [3.63, 3.8) is 0 Å². The Labute approximate surface area is 150 Å². The molecule has 2 aliphatic heterocycles. The molecule has 9 heteroatoms. The van der Waals surface area contributed by atoms with E-state index in [1.165, 1.54) is 4.31 Å². The van der Waals surface area contributed by atoms with Gasteiger partial charge in [-0.05, 0) is 26.7 Å². The van der Waals surface area contributed by atoms with Gasteiger partial charge in [0, 0.05) is 39.3 Å². The summed E-state index contributed by atoms with van der Waals surface area (Å²) in [7, 11) is -3.15. The van der Waals surface area contributed by atoms with Crippen LogP contribution in [0.1, 0.15) is 26.7 Å². The second-order valence-electron chi connectivity index (χ2n) is 6.48. The van der Waals surface area contributed by atoms with Crippen molar-refractivity contribution in [1.82, 2.24) is 14.1 Å². The third-order valence-corrected chi connectivity index (χ3v) is 6.80. The minimum atomic E-state index is -3.15. The number of hydrogen-bond donors (Lipinski definition) is 0. The van der Waals surface area contributed by atoms with Crippen molar-refractivity contribution in [2.24, 2.45) is 5.92 Å². The van der Waals surface area contributed by atoms with E-state index < -0.39 is 10.0 Å². The number of piperidine rings is 1. The van der Waals surface area contributed by atoms with Gasteiger partial charge in [0.25, 0.3) is 0 Å². The second-order valence-corrected chi connectivity index (χ2v) is 8.74. The number of sulfonamides is 1. The number of rotatable bonds is 6. The van der Waals surface area contributed by atoms with Gasteiger partial charge in [0.2, 0.25) is 15.9 Å². The van der Waals surface area contributed by atoms with Crippen LogP contribution in [-0.4, -0.2) is 92.6 Å². The van der Waals surface area contributed by atoms with Crippen LogP contribution in [-0.2, 0) is 24.3 Å². The number of esters is 1. The van der Waals surface area contributed by atoms with E-state index in [1.54, 1.807) is 18.7 Å². The maximum Gasteiger partial charge on any atom is 0.309 e. The summed E-state index contributed by atoms with van der Waals surface area (Å²) in [5, 5.41) is 0. The number of hydrogen-bond acceptors (Lipinski definition) is 6. The van der Waals surface area contributed by atoms with E-state index in [-0.39, 0.29) is 23.5 Å². The normalized spacial score (nSPS) is 21.3. The Kier molecular flexibility index (Phi) is 7.21. The van der Waals surface area contributed by atoms with Crippen LogP contribution in [0.15, 0.2) is 0 Å². The van der Waals surface area contributed by atoms with Crippen LogP contribution < -0.4 is 0 Å². The third-order valence-electron chi connectivity index (χ3n) is 4.92. The van der Waals surface area contributed by atoms with Crippen molar-refractivity contribution in [2.75, 3.05) is 58.2 Å². The molecular weight excluding hydrogens is 346 g/mol. The van der Waals surface area contributed by atoms with Crippen LogP contribution in [0.4, 0.5) is 0 Å². The molecule has 0 radical (unpaired) electrons. The lowest BCUT2D eigenvalue weighted by atomic mass is 9.97. The van der Waals surface area contributed by atoms with Gasteiger partial charge in [-0.2, -0.15) is 4.31 Å². The fourth-order valence-corrected chi connectivity index (χ4v) is 4.35. The van der Waals surface area contributed by atoms with E-state index in [0.29, 0.717) is 65.3 Å². The van der Waals surface area contributed by atoms with Gasteiger partial charge < -0.3 is 9.64 Å². The Morgan fingerprint density at radius 3 is 2.12 bits per heavy atom. The number of amides is 1. The van der Waals surface area contributed by atoms with Crippen molar-refractivity contribution in [1.29, 1.82) is 0 Å². The molecule has 2 rings (SSSR count). The van der Waals surface area contributed by atoms with Gasteiger partial charge in [-0.3, -0.25) is 14.5 Å². The summed E-state index contributed by atoms with van der Waals surface area (Å²) >= 11 is 0. The first-order chi connectivity index (χ1) is 11.9. The zero-order valence-electron chi connectivity index (χ0n) is 15.1. The van der Waals surface area contributed by atoms with Crippen molar-refractivity contribution in [2.45, 2.75) is 26.7 Å². The van der Waals surface area contributed by atoms with Crippen molar-refractivity contribution >= 4 is 21.9 Å². The van der Waals surface area contributed by atoms with Crippen LogP contribution in [0, 0.1) is 5.92 Å². The predicted molar refractivity (Wildman–Crippen MR) is 93.4 cm³/mol. The van der Waals surface area contributed by atoms with Gasteiger partial charge in [-0.15, -0.1) is 0 Å². The molecule has 25 heavy (non-hydrogen) atoms. The highest BCUT2D eigenvalue weighted by molar-refractivity contribution is 7.89. The fraction of sp³-hybridized carbons (Fsp3) is 0.875. The molecule has 1 amide bonds. The number of carbonyl (C=O) groups excluding carboxylic acids is 2. The predicted octanol–water partition coefficient (Wildman–Crippen LogP) is -0.245. The second kappa shape index (κ2) is 8.95. The molecule has 0 spiro atoms. The number of nitrogens with zero attached hydrogens (tertiary/aromatic N) is 3. The Morgan fingerprint density at radius 2 is 1.60 bits per heavy atom. The van der Waals surface area contributed by atoms with Crippen molar-refractivity contribution < 1.29 is 22.7 Å². The molecule has 2 saturated heterocycles. The molecule has 2 aliphatic rings. The molecule has 0 aromatic carbocycles. The van der Waals surface area contributed by atoms with Crippen LogP contribution in [0.5, 0.6) is 0 Å². The standard InChI is InChI=1S/C16H29N3O5S/c1-3-24-16(21)14-5-7-18(8-6-14)15(20)13-17-9-11-19(12-10-17)25(22,23)4-2/h14H,3-13H2,1-2H3. The van der Waals surface area contributed by atoms with E-state index in [2.05, 4.69) is 0 Å². The Morgan fingerprint density at radius 1 is 1.00 bits per heavy atom. The highest BCUT2D eigenvalue weighted by atomic mass is 32.2. The molecule has 0 bridgehead atoms. The summed E-state index contributed by atoms with van der Waals surface area (Å²) in [6, 6.07) is 0.